The monoisotopic (exact) mass is 263 g/mol. The Morgan fingerprint density at radius 1 is 1.40 bits per heavy atom. The second-order valence-corrected chi connectivity index (χ2v) is 5.42. The van der Waals surface area contributed by atoms with Crippen molar-refractivity contribution in [2.75, 3.05) is 5.75 Å². The first-order chi connectivity index (χ1) is 7.13. The van der Waals surface area contributed by atoms with Crippen LogP contribution in [0.1, 0.15) is 26.0 Å². The second-order valence-electron chi connectivity index (χ2n) is 3.59. The molecule has 15 heavy (non-hydrogen) atoms. The van der Waals surface area contributed by atoms with Gasteiger partial charge in [-0.25, -0.2) is 4.98 Å². The van der Waals surface area contributed by atoms with Gasteiger partial charge in [-0.15, -0.1) is 0 Å². The van der Waals surface area contributed by atoms with Gasteiger partial charge in [-0.1, -0.05) is 43.5 Å². The van der Waals surface area contributed by atoms with Gasteiger partial charge in [0.1, 0.15) is 5.15 Å². The lowest BCUT2D eigenvalue weighted by atomic mass is 10.2. The fourth-order valence-corrected chi connectivity index (χ4v) is 2.62. The van der Waals surface area contributed by atoms with Crippen LogP contribution in [0.3, 0.4) is 0 Å². The Balaban J connectivity index is 2.46. The number of rotatable bonds is 5. The van der Waals surface area contributed by atoms with Gasteiger partial charge in [-0.3, -0.25) is 0 Å². The molecule has 1 rings (SSSR count). The smallest absolute Gasteiger partial charge is 0.129 e. The van der Waals surface area contributed by atoms with Gasteiger partial charge in [0.15, 0.2) is 0 Å². The fraction of sp³-hybridized carbons (Fsp3) is 0.545. The van der Waals surface area contributed by atoms with Crippen LogP contribution < -0.4 is 0 Å². The van der Waals surface area contributed by atoms with Crippen molar-refractivity contribution in [3.63, 3.8) is 0 Å². The first-order valence-electron chi connectivity index (χ1n) is 5.02. The van der Waals surface area contributed by atoms with Crippen LogP contribution in [-0.4, -0.2) is 10.7 Å². The molecular formula is C11H15Cl2NS. The Kier molecular flexibility index (Phi) is 5.80. The number of thioether (sulfide) groups is 1. The van der Waals surface area contributed by atoms with Gasteiger partial charge in [0, 0.05) is 5.75 Å². The maximum atomic E-state index is 6.01. The maximum absolute atomic E-state index is 6.01. The average Bonchev–Trinajstić information content (AvgIpc) is 2.23. The van der Waals surface area contributed by atoms with E-state index in [1.807, 2.05) is 11.8 Å². The summed E-state index contributed by atoms with van der Waals surface area (Å²) in [7, 11) is 0. The molecule has 0 aliphatic heterocycles. The number of hydrogen-bond acceptors (Lipinski definition) is 2. The standard InChI is InChI=1S/C11H15Cl2NS/c1-3-8(2)6-15-7-10-9(12)4-5-11(13)14-10/h4-5,8H,3,6-7H2,1-2H3. The van der Waals surface area contributed by atoms with Crippen LogP contribution in [0.2, 0.25) is 10.2 Å². The van der Waals surface area contributed by atoms with Crippen LogP contribution in [0, 0.1) is 5.92 Å². The minimum absolute atomic E-state index is 0.513. The summed E-state index contributed by atoms with van der Waals surface area (Å²) >= 11 is 13.7. The molecular weight excluding hydrogens is 249 g/mol. The van der Waals surface area contributed by atoms with E-state index < -0.39 is 0 Å². The molecule has 0 bridgehead atoms. The van der Waals surface area contributed by atoms with Crippen LogP contribution in [0.15, 0.2) is 12.1 Å². The number of hydrogen-bond donors (Lipinski definition) is 0. The summed E-state index contributed by atoms with van der Waals surface area (Å²) < 4.78 is 0. The molecule has 0 amide bonds. The second kappa shape index (κ2) is 6.62. The van der Waals surface area contributed by atoms with E-state index in [-0.39, 0.29) is 0 Å². The molecule has 4 heteroatoms. The number of pyridine rings is 1. The van der Waals surface area contributed by atoms with E-state index in [1.165, 1.54) is 6.42 Å². The molecule has 0 N–H and O–H groups in total. The molecule has 1 atom stereocenters. The first kappa shape index (κ1) is 13.1. The van der Waals surface area contributed by atoms with Crippen molar-refractivity contribution in [2.24, 2.45) is 5.92 Å². The quantitative estimate of drug-likeness (QED) is 0.717. The highest BCUT2D eigenvalue weighted by atomic mass is 35.5. The van der Waals surface area contributed by atoms with Crippen molar-refractivity contribution in [1.82, 2.24) is 4.98 Å². The topological polar surface area (TPSA) is 12.9 Å². The molecule has 0 spiro atoms. The van der Waals surface area contributed by atoms with E-state index in [0.29, 0.717) is 10.2 Å². The summed E-state index contributed by atoms with van der Waals surface area (Å²) in [6.45, 7) is 4.45. The Hall–Kier alpha value is 0.0800. The zero-order valence-electron chi connectivity index (χ0n) is 8.96. The van der Waals surface area contributed by atoms with Gasteiger partial charge in [-0.2, -0.15) is 11.8 Å². The number of aromatic nitrogens is 1. The summed E-state index contributed by atoms with van der Waals surface area (Å²) in [5.74, 6) is 2.72. The Bertz CT molecular complexity index is 317. The van der Waals surface area contributed by atoms with Crippen LogP contribution in [0.4, 0.5) is 0 Å². The lowest BCUT2D eigenvalue weighted by molar-refractivity contribution is 0.637. The molecule has 1 aromatic heterocycles. The van der Waals surface area contributed by atoms with E-state index in [4.69, 9.17) is 23.2 Å². The van der Waals surface area contributed by atoms with E-state index in [0.717, 1.165) is 23.1 Å². The molecule has 84 valence electrons. The zero-order chi connectivity index (χ0) is 11.3. The lowest BCUT2D eigenvalue weighted by Crippen LogP contribution is -1.97. The minimum Gasteiger partial charge on any atom is -0.239 e. The van der Waals surface area contributed by atoms with E-state index >= 15 is 0 Å². The third kappa shape index (κ3) is 4.62. The third-order valence-corrected chi connectivity index (χ3v) is 4.06. The fourth-order valence-electron chi connectivity index (χ4n) is 1.03. The lowest BCUT2D eigenvalue weighted by Gasteiger charge is -2.08. The van der Waals surface area contributed by atoms with Gasteiger partial charge in [-0.05, 0) is 23.8 Å². The Morgan fingerprint density at radius 2 is 2.13 bits per heavy atom. The van der Waals surface area contributed by atoms with Crippen molar-refractivity contribution < 1.29 is 0 Å². The zero-order valence-corrected chi connectivity index (χ0v) is 11.3. The molecule has 0 aliphatic carbocycles. The molecule has 1 nitrogen and oxygen atoms in total. The molecule has 0 saturated heterocycles. The molecule has 1 heterocycles. The molecule has 0 aromatic carbocycles. The maximum Gasteiger partial charge on any atom is 0.129 e. The normalized spacial score (nSPS) is 12.8. The van der Waals surface area contributed by atoms with E-state index in [9.17, 15) is 0 Å². The van der Waals surface area contributed by atoms with Gasteiger partial charge in [0.25, 0.3) is 0 Å². The summed E-state index contributed by atoms with van der Waals surface area (Å²) in [6, 6.07) is 3.52. The highest BCUT2D eigenvalue weighted by Crippen LogP contribution is 2.23. The molecule has 0 aliphatic rings. The summed E-state index contributed by atoms with van der Waals surface area (Å²) in [5, 5.41) is 1.22. The van der Waals surface area contributed by atoms with E-state index in [1.54, 1.807) is 12.1 Å². The summed E-state index contributed by atoms with van der Waals surface area (Å²) in [6.07, 6.45) is 1.21. The average molecular weight is 264 g/mol. The van der Waals surface area contributed by atoms with Gasteiger partial charge in [0.05, 0.1) is 10.7 Å². The van der Waals surface area contributed by atoms with Gasteiger partial charge < -0.3 is 0 Å². The highest BCUT2D eigenvalue weighted by Gasteiger charge is 2.05. The third-order valence-electron chi connectivity index (χ3n) is 2.22. The largest absolute Gasteiger partial charge is 0.239 e. The van der Waals surface area contributed by atoms with Crippen molar-refractivity contribution in [2.45, 2.75) is 26.0 Å². The predicted octanol–water partition coefficient (Wildman–Crippen LogP) is 4.67. The molecule has 1 unspecified atom stereocenters. The summed E-state index contributed by atoms with van der Waals surface area (Å²) in [4.78, 5) is 4.21. The van der Waals surface area contributed by atoms with Crippen LogP contribution >= 0.6 is 35.0 Å². The molecule has 0 fully saturated rings. The van der Waals surface area contributed by atoms with Crippen molar-refractivity contribution >= 4 is 35.0 Å². The van der Waals surface area contributed by atoms with Crippen LogP contribution in [0.25, 0.3) is 0 Å². The first-order valence-corrected chi connectivity index (χ1v) is 6.93. The highest BCUT2D eigenvalue weighted by molar-refractivity contribution is 7.98. The SMILES string of the molecule is CCC(C)CSCc1nc(Cl)ccc1Cl. The molecule has 0 radical (unpaired) electrons. The minimum atomic E-state index is 0.513. The van der Waals surface area contributed by atoms with Crippen molar-refractivity contribution in [1.29, 1.82) is 0 Å². The van der Waals surface area contributed by atoms with Crippen molar-refractivity contribution in [3.8, 4) is 0 Å². The van der Waals surface area contributed by atoms with Crippen molar-refractivity contribution in [3.05, 3.63) is 28.0 Å². The van der Waals surface area contributed by atoms with Gasteiger partial charge in [0.2, 0.25) is 0 Å². The van der Waals surface area contributed by atoms with E-state index in [2.05, 4.69) is 18.8 Å². The Labute approximate surface area is 106 Å². The summed E-state index contributed by atoms with van der Waals surface area (Å²) in [5.41, 5.74) is 0.887. The molecule has 1 aromatic rings. The number of nitrogens with zero attached hydrogens (tertiary/aromatic N) is 1. The number of halogens is 2. The van der Waals surface area contributed by atoms with Crippen LogP contribution in [-0.2, 0) is 5.75 Å². The van der Waals surface area contributed by atoms with Gasteiger partial charge >= 0.3 is 0 Å². The Morgan fingerprint density at radius 3 is 2.80 bits per heavy atom. The predicted molar refractivity (Wildman–Crippen MR) is 69.9 cm³/mol. The molecule has 0 saturated carbocycles. The van der Waals surface area contributed by atoms with Crippen LogP contribution in [0.5, 0.6) is 0 Å².